The molecular formula is C20H29NO12. The maximum absolute atomic E-state index is 12.2. The number of carbonyl (C=O) groups excluding carboxylic acids is 6. The third-order valence-corrected chi connectivity index (χ3v) is 4.43. The molecule has 0 aliphatic carbocycles. The molecule has 33 heavy (non-hydrogen) atoms. The molecule has 1 N–H and O–H groups in total. The first-order valence-corrected chi connectivity index (χ1v) is 10.0. The van der Waals surface area contributed by atoms with Crippen LogP contribution in [0.5, 0.6) is 0 Å². The van der Waals surface area contributed by atoms with E-state index in [2.05, 4.69) is 5.32 Å². The highest BCUT2D eigenvalue weighted by Gasteiger charge is 2.51. The van der Waals surface area contributed by atoms with E-state index in [1.54, 1.807) is 0 Å². The van der Waals surface area contributed by atoms with E-state index in [9.17, 15) is 28.8 Å². The van der Waals surface area contributed by atoms with E-state index in [4.69, 9.17) is 28.4 Å². The minimum Gasteiger partial charge on any atom is -0.467 e. The fourth-order valence-corrected chi connectivity index (χ4v) is 3.36. The predicted octanol–water partition coefficient (Wildman–Crippen LogP) is -0.820. The number of amides is 1. The fourth-order valence-electron chi connectivity index (χ4n) is 3.36. The van der Waals surface area contributed by atoms with Crippen molar-refractivity contribution in [3.05, 3.63) is 0 Å². The summed E-state index contributed by atoms with van der Waals surface area (Å²) in [5.74, 6) is -4.40. The standard InChI is InChI=1S/C20H29NO12/c1-9(22)21-17-14(30-11(3)24)7-15(20(27)28-6)33-19(17)18(32-13(5)26)16(31-12(4)25)8-29-10(2)23/h14-19H,7-8H2,1-6H3,(H,21,22)/t14-,15-,16+,17+,18-,19+/m0/s1. The molecule has 0 aromatic carbocycles. The third-order valence-electron chi connectivity index (χ3n) is 4.43. The SMILES string of the molecule is COC(=O)[C@@H]1C[C@H](OC(C)=O)[C@@H](NC(C)=O)[C@H]([C@@H](OC(C)=O)[C@@H](COC(C)=O)OC(C)=O)O1. The molecule has 1 fully saturated rings. The van der Waals surface area contributed by atoms with Crippen molar-refractivity contribution in [1.29, 1.82) is 0 Å². The molecule has 186 valence electrons. The van der Waals surface area contributed by atoms with Gasteiger partial charge in [-0.15, -0.1) is 0 Å². The summed E-state index contributed by atoms with van der Waals surface area (Å²) in [6, 6.07) is -1.13. The molecule has 0 saturated carbocycles. The Kier molecular flexibility index (Phi) is 10.7. The number of hydrogen-bond acceptors (Lipinski definition) is 12. The average Bonchev–Trinajstić information content (AvgIpc) is 2.68. The maximum atomic E-state index is 12.2. The third kappa shape index (κ3) is 9.04. The van der Waals surface area contributed by atoms with Crippen molar-refractivity contribution < 1.29 is 57.2 Å². The Labute approximate surface area is 190 Å². The Morgan fingerprint density at radius 1 is 0.909 bits per heavy atom. The van der Waals surface area contributed by atoms with Gasteiger partial charge in [0.15, 0.2) is 18.3 Å². The predicted molar refractivity (Wildman–Crippen MR) is 106 cm³/mol. The molecule has 13 heteroatoms. The smallest absolute Gasteiger partial charge is 0.335 e. The lowest BCUT2D eigenvalue weighted by molar-refractivity contribution is -0.217. The molecule has 6 atom stereocenters. The molecule has 1 aliphatic heterocycles. The molecule has 0 spiro atoms. The van der Waals surface area contributed by atoms with Gasteiger partial charge in [-0.3, -0.25) is 24.0 Å². The fraction of sp³-hybridized carbons (Fsp3) is 0.700. The number of esters is 5. The van der Waals surface area contributed by atoms with Crippen LogP contribution in [0.15, 0.2) is 0 Å². The minimum absolute atomic E-state index is 0.178. The van der Waals surface area contributed by atoms with E-state index in [0.29, 0.717) is 0 Å². The van der Waals surface area contributed by atoms with Crippen LogP contribution in [0.4, 0.5) is 0 Å². The van der Waals surface area contributed by atoms with Crippen molar-refractivity contribution in [2.24, 2.45) is 0 Å². The van der Waals surface area contributed by atoms with Crippen LogP contribution < -0.4 is 5.32 Å². The topological polar surface area (TPSA) is 170 Å². The molecular weight excluding hydrogens is 446 g/mol. The summed E-state index contributed by atoms with van der Waals surface area (Å²) in [6.45, 7) is 5.07. The van der Waals surface area contributed by atoms with E-state index >= 15 is 0 Å². The minimum atomic E-state index is -1.48. The molecule has 0 aromatic heterocycles. The van der Waals surface area contributed by atoms with Gasteiger partial charge >= 0.3 is 29.8 Å². The summed E-state index contributed by atoms with van der Waals surface area (Å²) >= 11 is 0. The Hall–Kier alpha value is -3.22. The van der Waals surface area contributed by atoms with Crippen molar-refractivity contribution in [2.45, 2.75) is 77.6 Å². The molecule has 13 nitrogen and oxygen atoms in total. The van der Waals surface area contributed by atoms with Gasteiger partial charge in [0, 0.05) is 41.0 Å². The second-order valence-corrected chi connectivity index (χ2v) is 7.25. The van der Waals surface area contributed by atoms with Gasteiger partial charge in [0.1, 0.15) is 18.8 Å². The van der Waals surface area contributed by atoms with Crippen molar-refractivity contribution >= 4 is 35.8 Å². The molecule has 0 unspecified atom stereocenters. The summed E-state index contributed by atoms with van der Waals surface area (Å²) in [6.07, 6.45) is -6.79. The number of rotatable bonds is 9. The van der Waals surface area contributed by atoms with Gasteiger partial charge in [-0.25, -0.2) is 4.79 Å². The summed E-state index contributed by atoms with van der Waals surface area (Å²) < 4.78 is 31.3. The summed E-state index contributed by atoms with van der Waals surface area (Å²) in [5, 5.41) is 2.56. The van der Waals surface area contributed by atoms with Crippen LogP contribution in [-0.2, 0) is 57.2 Å². The quantitative estimate of drug-likeness (QED) is 0.325. The van der Waals surface area contributed by atoms with E-state index in [1.165, 1.54) is 6.92 Å². The van der Waals surface area contributed by atoms with Gasteiger partial charge in [0.05, 0.1) is 13.2 Å². The van der Waals surface area contributed by atoms with Crippen LogP contribution in [0, 0.1) is 0 Å². The molecule has 0 bridgehead atoms. The van der Waals surface area contributed by atoms with Gasteiger partial charge in [0.2, 0.25) is 5.91 Å². The molecule has 0 aromatic rings. The van der Waals surface area contributed by atoms with Gasteiger partial charge in [0.25, 0.3) is 0 Å². The Balaban J connectivity index is 3.53. The highest BCUT2D eigenvalue weighted by atomic mass is 16.6. The van der Waals surface area contributed by atoms with Gasteiger partial charge in [-0.1, -0.05) is 0 Å². The van der Waals surface area contributed by atoms with E-state index < -0.39 is 78.9 Å². The Bertz CT molecular complexity index is 766. The summed E-state index contributed by atoms with van der Waals surface area (Å²) in [5.41, 5.74) is 0. The molecule has 1 aliphatic rings. The van der Waals surface area contributed by atoms with Crippen molar-refractivity contribution in [3.8, 4) is 0 Å². The second kappa shape index (κ2) is 12.7. The number of ether oxygens (including phenoxy) is 6. The Morgan fingerprint density at radius 2 is 1.52 bits per heavy atom. The Morgan fingerprint density at radius 3 is 1.97 bits per heavy atom. The van der Waals surface area contributed by atoms with Crippen LogP contribution in [0.1, 0.15) is 41.0 Å². The van der Waals surface area contributed by atoms with E-state index in [-0.39, 0.29) is 6.42 Å². The molecule has 0 radical (unpaired) electrons. The largest absolute Gasteiger partial charge is 0.467 e. The van der Waals surface area contributed by atoms with E-state index in [0.717, 1.165) is 34.8 Å². The molecule has 1 rings (SSSR count). The van der Waals surface area contributed by atoms with Gasteiger partial charge in [-0.2, -0.15) is 0 Å². The lowest BCUT2D eigenvalue weighted by Gasteiger charge is -2.44. The lowest BCUT2D eigenvalue weighted by Crippen LogP contribution is -2.65. The highest BCUT2D eigenvalue weighted by Crippen LogP contribution is 2.29. The first kappa shape index (κ1) is 27.8. The maximum Gasteiger partial charge on any atom is 0.335 e. The number of hydrogen-bond donors (Lipinski definition) is 1. The number of nitrogens with one attached hydrogen (secondary N) is 1. The molecule has 1 heterocycles. The zero-order valence-corrected chi connectivity index (χ0v) is 19.3. The first-order chi connectivity index (χ1) is 15.3. The lowest BCUT2D eigenvalue weighted by atomic mass is 9.89. The van der Waals surface area contributed by atoms with Crippen molar-refractivity contribution in [3.63, 3.8) is 0 Å². The number of methoxy groups -OCH3 is 1. The monoisotopic (exact) mass is 475 g/mol. The zero-order valence-electron chi connectivity index (χ0n) is 19.3. The molecule has 1 amide bonds. The van der Waals surface area contributed by atoms with Crippen LogP contribution in [0.2, 0.25) is 0 Å². The second-order valence-electron chi connectivity index (χ2n) is 7.25. The summed E-state index contributed by atoms with van der Waals surface area (Å²) in [7, 11) is 1.12. The van der Waals surface area contributed by atoms with Gasteiger partial charge < -0.3 is 33.7 Å². The van der Waals surface area contributed by atoms with E-state index in [1.807, 2.05) is 0 Å². The normalized spacial score (nSPS) is 23.8. The summed E-state index contributed by atoms with van der Waals surface area (Å²) in [4.78, 5) is 70.8. The van der Waals surface area contributed by atoms with Crippen molar-refractivity contribution in [1.82, 2.24) is 5.32 Å². The average molecular weight is 475 g/mol. The first-order valence-electron chi connectivity index (χ1n) is 10.0. The number of carbonyl (C=O) groups is 6. The van der Waals surface area contributed by atoms with Crippen LogP contribution >= 0.6 is 0 Å². The molecule has 1 saturated heterocycles. The van der Waals surface area contributed by atoms with Crippen molar-refractivity contribution in [2.75, 3.05) is 13.7 Å². The highest BCUT2D eigenvalue weighted by molar-refractivity contribution is 5.76. The van der Waals surface area contributed by atoms with Gasteiger partial charge in [-0.05, 0) is 0 Å². The van der Waals surface area contributed by atoms with Crippen LogP contribution in [0.25, 0.3) is 0 Å². The zero-order chi connectivity index (χ0) is 25.3. The van der Waals surface area contributed by atoms with Crippen LogP contribution in [0.3, 0.4) is 0 Å². The van der Waals surface area contributed by atoms with Crippen LogP contribution in [-0.4, -0.2) is 86.0 Å².